The average molecular weight is 327 g/mol. The third-order valence-corrected chi connectivity index (χ3v) is 3.91. The summed E-state index contributed by atoms with van der Waals surface area (Å²) in [6, 6.07) is 10.7. The standard InChI is InChI=1S/C18H21N3O3/c1-23-16-7-3-2-6-15(16)18(22)21-17-9-8-13(11-20-17)19-12-14-5-4-10-24-14/h2-3,6-9,11,14,19H,4-5,10,12H2,1H3,(H,20,21,22). The van der Waals surface area contributed by atoms with Gasteiger partial charge in [0.2, 0.25) is 0 Å². The Kier molecular flexibility index (Phi) is 5.28. The van der Waals surface area contributed by atoms with E-state index in [4.69, 9.17) is 9.47 Å². The number of para-hydroxylation sites is 1. The quantitative estimate of drug-likeness (QED) is 0.853. The Balaban J connectivity index is 1.58. The number of carbonyl (C=O) groups excluding carboxylic acids is 1. The summed E-state index contributed by atoms with van der Waals surface area (Å²) < 4.78 is 10.8. The molecule has 0 bridgehead atoms. The van der Waals surface area contributed by atoms with Crippen molar-refractivity contribution in [3.63, 3.8) is 0 Å². The topological polar surface area (TPSA) is 72.5 Å². The molecule has 6 heteroatoms. The molecule has 6 nitrogen and oxygen atoms in total. The van der Waals surface area contributed by atoms with Gasteiger partial charge in [-0.1, -0.05) is 12.1 Å². The minimum Gasteiger partial charge on any atom is -0.496 e. The number of nitrogens with one attached hydrogen (secondary N) is 2. The Hall–Kier alpha value is -2.60. The van der Waals surface area contributed by atoms with Gasteiger partial charge in [-0.25, -0.2) is 4.98 Å². The van der Waals surface area contributed by atoms with Crippen molar-refractivity contribution in [2.75, 3.05) is 30.9 Å². The molecule has 1 atom stereocenters. The molecule has 24 heavy (non-hydrogen) atoms. The van der Waals surface area contributed by atoms with E-state index in [1.54, 1.807) is 37.6 Å². The number of aromatic nitrogens is 1. The number of amides is 1. The Bertz CT molecular complexity index is 682. The predicted molar refractivity (Wildman–Crippen MR) is 92.6 cm³/mol. The summed E-state index contributed by atoms with van der Waals surface area (Å²) >= 11 is 0. The van der Waals surface area contributed by atoms with E-state index < -0.39 is 0 Å². The summed E-state index contributed by atoms with van der Waals surface area (Å²) in [5.41, 5.74) is 1.38. The van der Waals surface area contributed by atoms with Crippen LogP contribution in [0.15, 0.2) is 42.6 Å². The van der Waals surface area contributed by atoms with Crippen LogP contribution in [0.1, 0.15) is 23.2 Å². The van der Waals surface area contributed by atoms with Crippen LogP contribution in [0.4, 0.5) is 11.5 Å². The maximum absolute atomic E-state index is 12.3. The number of ether oxygens (including phenoxy) is 2. The van der Waals surface area contributed by atoms with Crippen molar-refractivity contribution in [1.29, 1.82) is 0 Å². The van der Waals surface area contributed by atoms with Gasteiger partial charge in [-0.05, 0) is 37.1 Å². The molecule has 1 aliphatic rings. The summed E-state index contributed by atoms with van der Waals surface area (Å²) in [5.74, 6) is 0.776. The van der Waals surface area contributed by atoms with Gasteiger partial charge in [0.25, 0.3) is 5.91 Å². The van der Waals surface area contributed by atoms with Crippen LogP contribution in [0.25, 0.3) is 0 Å². The number of nitrogens with zero attached hydrogens (tertiary/aromatic N) is 1. The first-order chi connectivity index (χ1) is 11.8. The van der Waals surface area contributed by atoms with Crippen LogP contribution >= 0.6 is 0 Å². The highest BCUT2D eigenvalue weighted by Gasteiger charge is 2.15. The fraction of sp³-hybridized carbons (Fsp3) is 0.333. The molecule has 1 aliphatic heterocycles. The second-order valence-electron chi connectivity index (χ2n) is 5.60. The van der Waals surface area contributed by atoms with Gasteiger partial charge in [0, 0.05) is 13.2 Å². The molecule has 2 heterocycles. The van der Waals surface area contributed by atoms with E-state index in [1.165, 1.54) is 0 Å². The van der Waals surface area contributed by atoms with Crippen LogP contribution in [-0.2, 0) is 4.74 Å². The largest absolute Gasteiger partial charge is 0.496 e. The zero-order chi connectivity index (χ0) is 16.8. The minimum atomic E-state index is -0.250. The van der Waals surface area contributed by atoms with Gasteiger partial charge in [0.15, 0.2) is 0 Å². The molecule has 0 aliphatic carbocycles. The lowest BCUT2D eigenvalue weighted by Gasteiger charge is -2.12. The van der Waals surface area contributed by atoms with E-state index in [2.05, 4.69) is 15.6 Å². The number of hydrogen-bond donors (Lipinski definition) is 2. The smallest absolute Gasteiger partial charge is 0.260 e. The molecule has 2 N–H and O–H groups in total. The number of hydrogen-bond acceptors (Lipinski definition) is 5. The molecule has 1 unspecified atom stereocenters. The third-order valence-electron chi connectivity index (χ3n) is 3.91. The molecule has 1 amide bonds. The number of carbonyl (C=O) groups is 1. The van der Waals surface area contributed by atoms with Crippen LogP contribution in [0.3, 0.4) is 0 Å². The number of anilines is 2. The van der Waals surface area contributed by atoms with Gasteiger partial charge in [-0.3, -0.25) is 4.79 Å². The van der Waals surface area contributed by atoms with Gasteiger partial charge >= 0.3 is 0 Å². The predicted octanol–water partition coefficient (Wildman–Crippen LogP) is 2.93. The van der Waals surface area contributed by atoms with Crippen molar-refractivity contribution < 1.29 is 14.3 Å². The SMILES string of the molecule is COc1ccccc1C(=O)Nc1ccc(NCC2CCCO2)cn1. The third kappa shape index (κ3) is 4.02. The minimum absolute atomic E-state index is 0.250. The first kappa shape index (κ1) is 16.3. The highest BCUT2D eigenvalue weighted by atomic mass is 16.5. The molecule has 1 aromatic heterocycles. The van der Waals surface area contributed by atoms with Crippen LogP contribution in [0, 0.1) is 0 Å². The maximum atomic E-state index is 12.3. The molecule has 3 rings (SSSR count). The highest BCUT2D eigenvalue weighted by molar-refractivity contribution is 6.05. The number of methoxy groups -OCH3 is 1. The lowest BCUT2D eigenvalue weighted by molar-refractivity contribution is 0.102. The van der Waals surface area contributed by atoms with E-state index in [0.717, 1.165) is 31.7 Å². The Morgan fingerprint density at radius 3 is 2.92 bits per heavy atom. The second-order valence-corrected chi connectivity index (χ2v) is 5.60. The summed E-state index contributed by atoms with van der Waals surface area (Å²) in [6.45, 7) is 1.62. The van der Waals surface area contributed by atoms with Gasteiger partial charge < -0.3 is 20.1 Å². The number of benzene rings is 1. The van der Waals surface area contributed by atoms with Crippen molar-refractivity contribution in [2.45, 2.75) is 18.9 Å². The maximum Gasteiger partial charge on any atom is 0.260 e. The first-order valence-electron chi connectivity index (χ1n) is 8.02. The zero-order valence-electron chi connectivity index (χ0n) is 13.6. The Morgan fingerprint density at radius 2 is 2.21 bits per heavy atom. The van der Waals surface area contributed by atoms with E-state index in [0.29, 0.717) is 17.1 Å². The molecular weight excluding hydrogens is 306 g/mol. The normalized spacial score (nSPS) is 16.6. The molecule has 1 aromatic carbocycles. The van der Waals surface area contributed by atoms with Crippen LogP contribution < -0.4 is 15.4 Å². The lowest BCUT2D eigenvalue weighted by atomic mass is 10.2. The van der Waals surface area contributed by atoms with E-state index >= 15 is 0 Å². The molecule has 0 saturated carbocycles. The molecular formula is C18H21N3O3. The van der Waals surface area contributed by atoms with Crippen LogP contribution in [0.2, 0.25) is 0 Å². The molecule has 1 saturated heterocycles. The van der Waals surface area contributed by atoms with Crippen LogP contribution in [0.5, 0.6) is 5.75 Å². The van der Waals surface area contributed by atoms with Crippen molar-refractivity contribution in [2.24, 2.45) is 0 Å². The zero-order valence-corrected chi connectivity index (χ0v) is 13.6. The van der Waals surface area contributed by atoms with Gasteiger partial charge in [0.1, 0.15) is 11.6 Å². The number of rotatable bonds is 6. The highest BCUT2D eigenvalue weighted by Crippen LogP contribution is 2.19. The Labute approximate surface area is 141 Å². The summed E-state index contributed by atoms with van der Waals surface area (Å²) in [4.78, 5) is 16.6. The van der Waals surface area contributed by atoms with Crippen LogP contribution in [-0.4, -0.2) is 37.3 Å². The van der Waals surface area contributed by atoms with Gasteiger partial charge in [0.05, 0.1) is 30.7 Å². The van der Waals surface area contributed by atoms with Crippen molar-refractivity contribution in [3.8, 4) is 5.75 Å². The molecule has 126 valence electrons. The fourth-order valence-corrected chi connectivity index (χ4v) is 2.63. The van der Waals surface area contributed by atoms with Gasteiger partial charge in [-0.2, -0.15) is 0 Å². The molecule has 0 spiro atoms. The second kappa shape index (κ2) is 7.79. The van der Waals surface area contributed by atoms with Gasteiger partial charge in [-0.15, -0.1) is 0 Å². The molecule has 0 radical (unpaired) electrons. The fourth-order valence-electron chi connectivity index (χ4n) is 2.63. The summed E-state index contributed by atoms with van der Waals surface area (Å²) in [7, 11) is 1.54. The van der Waals surface area contributed by atoms with Crippen molar-refractivity contribution in [1.82, 2.24) is 4.98 Å². The van der Waals surface area contributed by atoms with Crippen molar-refractivity contribution in [3.05, 3.63) is 48.2 Å². The monoisotopic (exact) mass is 327 g/mol. The van der Waals surface area contributed by atoms with E-state index in [1.807, 2.05) is 12.1 Å². The molecule has 2 aromatic rings. The van der Waals surface area contributed by atoms with Crippen molar-refractivity contribution >= 4 is 17.4 Å². The number of pyridine rings is 1. The average Bonchev–Trinajstić information content (AvgIpc) is 3.14. The molecule has 1 fully saturated rings. The first-order valence-corrected chi connectivity index (χ1v) is 8.02. The Morgan fingerprint density at radius 1 is 1.33 bits per heavy atom. The summed E-state index contributed by atoms with van der Waals surface area (Å²) in [5, 5.41) is 6.07. The van der Waals surface area contributed by atoms with E-state index in [9.17, 15) is 4.79 Å². The lowest BCUT2D eigenvalue weighted by Crippen LogP contribution is -2.18. The van der Waals surface area contributed by atoms with E-state index in [-0.39, 0.29) is 12.0 Å². The summed E-state index contributed by atoms with van der Waals surface area (Å²) in [6.07, 6.45) is 4.19.